The lowest BCUT2D eigenvalue weighted by molar-refractivity contribution is -0.117. The maximum Gasteiger partial charge on any atom is 0.246 e. The molecular formula is C23H41NO2. The summed E-state index contributed by atoms with van der Waals surface area (Å²) in [6.07, 6.45) is 17.1. The van der Waals surface area contributed by atoms with E-state index in [9.17, 15) is 4.79 Å². The number of ether oxygens (including phenoxy) is 1. The summed E-state index contributed by atoms with van der Waals surface area (Å²) in [4.78, 5) is 11.4. The summed E-state index contributed by atoms with van der Waals surface area (Å²) in [7, 11) is 0. The number of nitrogens with one attached hydrogen (secondary N) is 1. The highest BCUT2D eigenvalue weighted by Gasteiger charge is 2.30. The minimum atomic E-state index is -0.0670. The van der Waals surface area contributed by atoms with Crippen molar-refractivity contribution < 1.29 is 9.53 Å². The Morgan fingerprint density at radius 3 is 2.19 bits per heavy atom. The van der Waals surface area contributed by atoms with Gasteiger partial charge in [0.15, 0.2) is 0 Å². The van der Waals surface area contributed by atoms with Gasteiger partial charge >= 0.3 is 0 Å². The lowest BCUT2D eigenvalue weighted by Crippen LogP contribution is -2.31. The second kappa shape index (κ2) is 11.8. The molecule has 0 aliphatic heterocycles. The Hall–Kier alpha value is -0.830. The van der Waals surface area contributed by atoms with Gasteiger partial charge in [0.05, 0.1) is 12.7 Å². The first-order valence-electron chi connectivity index (χ1n) is 11.2. The van der Waals surface area contributed by atoms with Gasteiger partial charge in [-0.25, -0.2) is 0 Å². The van der Waals surface area contributed by atoms with Gasteiger partial charge in [0, 0.05) is 12.1 Å². The average Bonchev–Trinajstić information content (AvgIpc) is 2.66. The highest BCUT2D eigenvalue weighted by atomic mass is 16.5. The smallest absolute Gasteiger partial charge is 0.246 e. The number of hydrogen-bond donors (Lipinski definition) is 1. The molecule has 0 heterocycles. The molecule has 0 aromatic carbocycles. The molecule has 3 nitrogen and oxygen atoms in total. The van der Waals surface area contributed by atoms with Crippen LogP contribution in [0.4, 0.5) is 0 Å². The second-order valence-electron chi connectivity index (χ2n) is 8.72. The molecule has 0 atom stereocenters. The zero-order valence-electron chi connectivity index (χ0n) is 17.2. The fourth-order valence-electron chi connectivity index (χ4n) is 4.90. The van der Waals surface area contributed by atoms with Crippen LogP contribution in [0.3, 0.4) is 0 Å². The molecular weight excluding hydrogens is 322 g/mol. The molecule has 2 fully saturated rings. The molecule has 0 aromatic heterocycles. The Kier molecular flexibility index (Phi) is 9.74. The first-order chi connectivity index (χ1) is 12.6. The van der Waals surface area contributed by atoms with Gasteiger partial charge in [0.1, 0.15) is 0 Å². The third kappa shape index (κ3) is 7.42. The third-order valence-electron chi connectivity index (χ3n) is 6.62. The van der Waals surface area contributed by atoms with Crippen molar-refractivity contribution in [3.05, 3.63) is 12.2 Å². The monoisotopic (exact) mass is 363 g/mol. The number of amides is 1. The van der Waals surface area contributed by atoms with Crippen molar-refractivity contribution in [1.82, 2.24) is 5.32 Å². The molecule has 0 saturated heterocycles. The standard InChI is InChI=1S/C23H41NO2/c1-4-5-6-7-19-8-10-20(11-9-19)21-12-14-22(15-13-21)26-17-16-24-23(25)18(2)3/h19-22H,2,4-17H2,1,3H3,(H,24,25). The predicted octanol–water partition coefficient (Wildman–Crippen LogP) is 5.64. The lowest BCUT2D eigenvalue weighted by atomic mass is 9.70. The van der Waals surface area contributed by atoms with Crippen LogP contribution in [0.1, 0.15) is 90.9 Å². The molecule has 2 saturated carbocycles. The van der Waals surface area contributed by atoms with E-state index in [-0.39, 0.29) is 5.91 Å². The fourth-order valence-corrected chi connectivity index (χ4v) is 4.90. The fraction of sp³-hybridized carbons (Fsp3) is 0.870. The largest absolute Gasteiger partial charge is 0.376 e. The summed E-state index contributed by atoms with van der Waals surface area (Å²) in [5.41, 5.74) is 0.561. The van der Waals surface area contributed by atoms with Crippen LogP contribution in [0.2, 0.25) is 0 Å². The first kappa shape index (κ1) is 21.5. The number of hydrogen-bond acceptors (Lipinski definition) is 2. The van der Waals surface area contributed by atoms with E-state index >= 15 is 0 Å². The van der Waals surface area contributed by atoms with E-state index in [1.807, 2.05) is 0 Å². The van der Waals surface area contributed by atoms with Gasteiger partial charge in [-0.1, -0.05) is 52.0 Å². The van der Waals surface area contributed by atoms with Crippen molar-refractivity contribution in [1.29, 1.82) is 0 Å². The maximum absolute atomic E-state index is 11.4. The van der Waals surface area contributed by atoms with E-state index in [1.165, 1.54) is 77.0 Å². The van der Waals surface area contributed by atoms with E-state index in [0.29, 0.717) is 24.8 Å². The topological polar surface area (TPSA) is 38.3 Å². The van der Waals surface area contributed by atoms with Gasteiger partial charge in [-0.05, 0) is 63.2 Å². The van der Waals surface area contributed by atoms with Crippen LogP contribution >= 0.6 is 0 Å². The second-order valence-corrected chi connectivity index (χ2v) is 8.72. The molecule has 0 spiro atoms. The normalized spacial score (nSPS) is 29.3. The molecule has 2 rings (SSSR count). The molecule has 1 amide bonds. The molecule has 0 radical (unpaired) electrons. The van der Waals surface area contributed by atoms with Crippen molar-refractivity contribution in [2.75, 3.05) is 13.2 Å². The summed E-state index contributed by atoms with van der Waals surface area (Å²) in [6.45, 7) is 8.89. The molecule has 26 heavy (non-hydrogen) atoms. The minimum absolute atomic E-state index is 0.0670. The number of carbonyl (C=O) groups is 1. The Balaban J connectivity index is 1.55. The van der Waals surface area contributed by atoms with Crippen LogP contribution in [-0.2, 0) is 9.53 Å². The molecule has 1 N–H and O–H groups in total. The van der Waals surface area contributed by atoms with Crippen molar-refractivity contribution in [3.8, 4) is 0 Å². The number of carbonyl (C=O) groups excluding carboxylic acids is 1. The third-order valence-corrected chi connectivity index (χ3v) is 6.62. The zero-order chi connectivity index (χ0) is 18.8. The van der Waals surface area contributed by atoms with Gasteiger partial charge in [-0.3, -0.25) is 4.79 Å². The average molecular weight is 364 g/mol. The summed E-state index contributed by atoms with van der Waals surface area (Å²) < 4.78 is 5.98. The van der Waals surface area contributed by atoms with Gasteiger partial charge < -0.3 is 10.1 Å². The summed E-state index contributed by atoms with van der Waals surface area (Å²) in [5, 5.41) is 2.84. The van der Waals surface area contributed by atoms with E-state index in [4.69, 9.17) is 4.74 Å². The highest BCUT2D eigenvalue weighted by Crippen LogP contribution is 2.41. The van der Waals surface area contributed by atoms with Crippen LogP contribution in [0.5, 0.6) is 0 Å². The SMILES string of the molecule is C=C(C)C(=O)NCCOC1CCC(C2CCC(CCCCC)CC2)CC1. The van der Waals surface area contributed by atoms with Crippen LogP contribution in [0.25, 0.3) is 0 Å². The van der Waals surface area contributed by atoms with Gasteiger partial charge in [0.25, 0.3) is 0 Å². The number of rotatable bonds is 10. The summed E-state index contributed by atoms with van der Waals surface area (Å²) >= 11 is 0. The summed E-state index contributed by atoms with van der Waals surface area (Å²) in [6, 6.07) is 0. The van der Waals surface area contributed by atoms with Crippen LogP contribution in [-0.4, -0.2) is 25.2 Å². The van der Waals surface area contributed by atoms with Gasteiger partial charge in [0.2, 0.25) is 5.91 Å². The molecule has 2 aliphatic carbocycles. The number of unbranched alkanes of at least 4 members (excludes halogenated alkanes) is 2. The lowest BCUT2D eigenvalue weighted by Gasteiger charge is -2.38. The Morgan fingerprint density at radius 1 is 1.00 bits per heavy atom. The maximum atomic E-state index is 11.4. The molecule has 0 unspecified atom stereocenters. The Labute approximate surface area is 161 Å². The Bertz CT molecular complexity index is 418. The molecule has 150 valence electrons. The molecule has 0 bridgehead atoms. The van der Waals surface area contributed by atoms with Crippen molar-refractivity contribution in [2.24, 2.45) is 17.8 Å². The highest BCUT2D eigenvalue weighted by molar-refractivity contribution is 5.91. The zero-order valence-corrected chi connectivity index (χ0v) is 17.2. The van der Waals surface area contributed by atoms with E-state index in [2.05, 4.69) is 18.8 Å². The van der Waals surface area contributed by atoms with E-state index in [0.717, 1.165) is 17.8 Å². The van der Waals surface area contributed by atoms with Crippen molar-refractivity contribution in [3.63, 3.8) is 0 Å². The van der Waals surface area contributed by atoms with Crippen molar-refractivity contribution >= 4 is 5.91 Å². The van der Waals surface area contributed by atoms with Gasteiger partial charge in [-0.15, -0.1) is 0 Å². The van der Waals surface area contributed by atoms with E-state index in [1.54, 1.807) is 6.92 Å². The molecule has 0 aromatic rings. The van der Waals surface area contributed by atoms with Crippen LogP contribution in [0, 0.1) is 17.8 Å². The predicted molar refractivity (Wildman–Crippen MR) is 109 cm³/mol. The first-order valence-corrected chi connectivity index (χ1v) is 11.2. The summed E-state index contributed by atoms with van der Waals surface area (Å²) in [5.74, 6) is 2.87. The quantitative estimate of drug-likeness (QED) is 0.403. The molecule has 2 aliphatic rings. The Morgan fingerprint density at radius 2 is 1.62 bits per heavy atom. The van der Waals surface area contributed by atoms with Crippen LogP contribution < -0.4 is 5.32 Å². The van der Waals surface area contributed by atoms with Gasteiger partial charge in [-0.2, -0.15) is 0 Å². The van der Waals surface area contributed by atoms with Crippen LogP contribution in [0.15, 0.2) is 12.2 Å². The van der Waals surface area contributed by atoms with E-state index < -0.39 is 0 Å². The minimum Gasteiger partial charge on any atom is -0.376 e. The van der Waals surface area contributed by atoms with Crippen molar-refractivity contribution in [2.45, 2.75) is 97.0 Å². The molecule has 3 heteroatoms.